The number of carbonyl (C=O) groups excluding carboxylic acids is 1. The summed E-state index contributed by atoms with van der Waals surface area (Å²) in [5, 5.41) is 2.95. The largest absolute Gasteiger partial charge is 0.343 e. The van der Waals surface area contributed by atoms with Gasteiger partial charge in [0.1, 0.15) is 12.4 Å². The van der Waals surface area contributed by atoms with Crippen LogP contribution in [0.1, 0.15) is 5.56 Å². The number of nitrogens with zero attached hydrogens (tertiary/aromatic N) is 2. The molecule has 1 heterocycles. The van der Waals surface area contributed by atoms with Crippen LogP contribution in [0.3, 0.4) is 0 Å². The summed E-state index contributed by atoms with van der Waals surface area (Å²) < 4.78 is 26.1. The Morgan fingerprint density at radius 3 is 2.81 bits per heavy atom. The maximum atomic E-state index is 11.9. The van der Waals surface area contributed by atoms with Crippen molar-refractivity contribution in [3.63, 3.8) is 0 Å². The minimum absolute atomic E-state index is 0.0909. The van der Waals surface area contributed by atoms with E-state index in [4.69, 9.17) is 0 Å². The van der Waals surface area contributed by atoms with Gasteiger partial charge in [0.2, 0.25) is 5.91 Å². The Morgan fingerprint density at radius 2 is 2.10 bits per heavy atom. The number of benzene rings is 1. The summed E-state index contributed by atoms with van der Waals surface area (Å²) in [5.41, 5.74) is 0.503. The van der Waals surface area contributed by atoms with Crippen LogP contribution in [0, 0.1) is 0 Å². The third-order valence-corrected chi connectivity index (χ3v) is 4.56. The second-order valence-electron chi connectivity index (χ2n) is 4.69. The minimum atomic E-state index is -3.55. The van der Waals surface area contributed by atoms with Crippen molar-refractivity contribution in [2.45, 2.75) is 4.90 Å². The van der Waals surface area contributed by atoms with Crippen molar-refractivity contribution in [1.29, 1.82) is 0 Å². The highest BCUT2D eigenvalue weighted by Gasteiger charge is 2.30. The summed E-state index contributed by atoms with van der Waals surface area (Å²) in [6.45, 7) is 1.17. The number of fused-ring (bicyclic) bond motifs is 1. The lowest BCUT2D eigenvalue weighted by molar-refractivity contribution is -0.128. The number of sulfonamides is 1. The molecule has 0 radical (unpaired) electrons. The van der Waals surface area contributed by atoms with Crippen molar-refractivity contribution in [2.75, 3.05) is 33.7 Å². The van der Waals surface area contributed by atoms with Crippen molar-refractivity contribution in [1.82, 2.24) is 14.9 Å². The molecule has 0 unspecified atom stereocenters. The molecule has 0 fully saturated rings. The maximum Gasteiger partial charge on any atom is 0.263 e. The van der Waals surface area contributed by atoms with E-state index in [9.17, 15) is 13.2 Å². The summed E-state index contributed by atoms with van der Waals surface area (Å²) >= 11 is 0. The summed E-state index contributed by atoms with van der Waals surface area (Å²) in [7, 11) is -0.0573. The van der Waals surface area contributed by atoms with Crippen LogP contribution in [0.4, 0.5) is 0 Å². The van der Waals surface area contributed by atoms with Gasteiger partial charge in [0, 0.05) is 25.7 Å². The van der Waals surface area contributed by atoms with Gasteiger partial charge in [0.25, 0.3) is 10.0 Å². The number of aliphatic imine (C=N–C) groups is 1. The number of nitrogens with one attached hydrogen (secondary N) is 2. The predicted octanol–water partition coefficient (Wildman–Crippen LogP) is -0.597. The lowest BCUT2D eigenvalue weighted by atomic mass is 10.2. The fourth-order valence-corrected chi connectivity index (χ4v) is 3.17. The molecule has 0 aromatic heterocycles. The highest BCUT2D eigenvalue weighted by atomic mass is 32.2. The molecular weight excluding hydrogens is 292 g/mol. The molecule has 0 bridgehead atoms. The number of likely N-dealkylation sites (N-methyl/N-ethyl adjacent to an activating group) is 2. The molecule has 1 aliphatic rings. The van der Waals surface area contributed by atoms with Crippen LogP contribution < -0.4 is 10.0 Å². The van der Waals surface area contributed by atoms with E-state index in [1.165, 1.54) is 6.07 Å². The lowest BCUT2D eigenvalue weighted by Gasteiger charge is -2.15. The molecule has 114 valence electrons. The van der Waals surface area contributed by atoms with Crippen LogP contribution in [0.5, 0.6) is 0 Å². The van der Waals surface area contributed by atoms with Gasteiger partial charge in [0.15, 0.2) is 0 Å². The van der Waals surface area contributed by atoms with E-state index in [0.717, 1.165) is 0 Å². The molecule has 2 rings (SSSR count). The van der Waals surface area contributed by atoms with Crippen LogP contribution in [0.25, 0.3) is 0 Å². The monoisotopic (exact) mass is 310 g/mol. The standard InChI is InChI=1S/C13H18N4O3S/c1-14-7-8-17(2)12(18)9-15-13-10-5-3-4-6-11(10)21(19,20)16-13/h3-6,14H,7-9H2,1-2H3,(H,15,16). The van der Waals surface area contributed by atoms with Gasteiger partial charge in [-0.15, -0.1) is 0 Å². The summed E-state index contributed by atoms with van der Waals surface area (Å²) in [6, 6.07) is 6.57. The molecule has 2 N–H and O–H groups in total. The quantitative estimate of drug-likeness (QED) is 0.760. The molecular formula is C13H18N4O3S. The molecule has 7 nitrogen and oxygen atoms in total. The Morgan fingerprint density at radius 1 is 1.38 bits per heavy atom. The van der Waals surface area contributed by atoms with Crippen LogP contribution in [0.15, 0.2) is 34.2 Å². The van der Waals surface area contributed by atoms with Gasteiger partial charge in [-0.05, 0) is 19.2 Å². The van der Waals surface area contributed by atoms with E-state index >= 15 is 0 Å². The highest BCUT2D eigenvalue weighted by molar-refractivity contribution is 7.90. The Kier molecular flexibility index (Phi) is 4.59. The molecule has 0 atom stereocenters. The number of hydrogen-bond donors (Lipinski definition) is 2. The van der Waals surface area contributed by atoms with Gasteiger partial charge in [-0.25, -0.2) is 8.42 Å². The zero-order valence-electron chi connectivity index (χ0n) is 12.0. The fraction of sp³-hybridized carbons (Fsp3) is 0.385. The van der Waals surface area contributed by atoms with Gasteiger partial charge in [0.05, 0.1) is 4.90 Å². The molecule has 0 spiro atoms. The molecule has 21 heavy (non-hydrogen) atoms. The summed E-state index contributed by atoms with van der Waals surface area (Å²) in [6.07, 6.45) is 0. The van der Waals surface area contributed by atoms with Gasteiger partial charge >= 0.3 is 0 Å². The molecule has 1 aromatic rings. The first-order chi connectivity index (χ1) is 9.95. The van der Waals surface area contributed by atoms with Crippen molar-refractivity contribution in [3.8, 4) is 0 Å². The Balaban J connectivity index is 2.12. The van der Waals surface area contributed by atoms with E-state index in [0.29, 0.717) is 18.7 Å². The molecule has 1 amide bonds. The van der Waals surface area contributed by atoms with E-state index in [1.807, 2.05) is 7.05 Å². The second-order valence-corrected chi connectivity index (χ2v) is 6.34. The van der Waals surface area contributed by atoms with E-state index < -0.39 is 10.0 Å². The summed E-state index contributed by atoms with van der Waals surface area (Å²) in [5.74, 6) is 0.0577. The first-order valence-electron chi connectivity index (χ1n) is 6.51. The topological polar surface area (TPSA) is 90.9 Å². The average Bonchev–Trinajstić information content (AvgIpc) is 2.74. The van der Waals surface area contributed by atoms with Gasteiger partial charge in [-0.1, -0.05) is 12.1 Å². The zero-order valence-corrected chi connectivity index (χ0v) is 12.8. The molecule has 1 aromatic carbocycles. The molecule has 0 saturated heterocycles. The minimum Gasteiger partial charge on any atom is -0.343 e. The van der Waals surface area contributed by atoms with Crippen LogP contribution >= 0.6 is 0 Å². The predicted molar refractivity (Wildman–Crippen MR) is 79.7 cm³/mol. The molecule has 8 heteroatoms. The number of carbonyl (C=O) groups is 1. The Labute approximate surface area is 124 Å². The van der Waals surface area contributed by atoms with E-state index in [2.05, 4.69) is 15.0 Å². The third kappa shape index (κ3) is 3.40. The van der Waals surface area contributed by atoms with E-state index in [1.54, 1.807) is 30.1 Å². The van der Waals surface area contributed by atoms with E-state index in [-0.39, 0.29) is 23.2 Å². The first kappa shape index (κ1) is 15.5. The van der Waals surface area contributed by atoms with Gasteiger partial charge in [-0.3, -0.25) is 14.5 Å². The Bertz CT molecular complexity index is 670. The fourth-order valence-electron chi connectivity index (χ4n) is 1.92. The van der Waals surface area contributed by atoms with Crippen molar-refractivity contribution >= 4 is 21.8 Å². The number of rotatable bonds is 5. The van der Waals surface area contributed by atoms with Crippen molar-refractivity contribution in [3.05, 3.63) is 29.8 Å². The molecule has 1 aliphatic heterocycles. The average molecular weight is 310 g/mol. The Hall–Kier alpha value is -1.93. The second kappa shape index (κ2) is 6.23. The number of amidine groups is 1. The normalized spacial score (nSPS) is 17.3. The van der Waals surface area contributed by atoms with Crippen molar-refractivity contribution in [2.24, 2.45) is 4.99 Å². The van der Waals surface area contributed by atoms with Crippen molar-refractivity contribution < 1.29 is 13.2 Å². The molecule has 0 saturated carbocycles. The highest BCUT2D eigenvalue weighted by Crippen LogP contribution is 2.21. The molecule has 0 aliphatic carbocycles. The third-order valence-electron chi connectivity index (χ3n) is 3.16. The SMILES string of the molecule is CNCCN(C)C(=O)CN=C1NS(=O)(=O)c2ccccc21. The van der Waals surface area contributed by atoms with Gasteiger partial charge < -0.3 is 10.2 Å². The van der Waals surface area contributed by atoms with Crippen LogP contribution in [0.2, 0.25) is 0 Å². The summed E-state index contributed by atoms with van der Waals surface area (Å²) in [4.78, 5) is 17.7. The van der Waals surface area contributed by atoms with Crippen LogP contribution in [-0.4, -0.2) is 58.8 Å². The maximum absolute atomic E-state index is 11.9. The first-order valence-corrected chi connectivity index (χ1v) is 7.99. The van der Waals surface area contributed by atoms with Gasteiger partial charge in [-0.2, -0.15) is 0 Å². The lowest BCUT2D eigenvalue weighted by Crippen LogP contribution is -2.34. The number of amides is 1. The smallest absolute Gasteiger partial charge is 0.263 e. The zero-order chi connectivity index (χ0) is 15.5. The number of hydrogen-bond acceptors (Lipinski definition) is 5. The van der Waals surface area contributed by atoms with Crippen LogP contribution in [-0.2, 0) is 14.8 Å².